The Labute approximate surface area is 84.3 Å². The SMILES string of the molecule is NC(=O)c1ccnc(C(N)=O)c1C(N)=O. The third-order valence-electron chi connectivity index (χ3n) is 1.70. The van der Waals surface area contributed by atoms with Gasteiger partial charge in [0.05, 0.1) is 11.1 Å². The van der Waals surface area contributed by atoms with Crippen LogP contribution in [0.25, 0.3) is 0 Å². The molecule has 3 amide bonds. The molecule has 0 radical (unpaired) electrons. The molecular formula is C8H8N4O3. The summed E-state index contributed by atoms with van der Waals surface area (Å²) in [7, 11) is 0. The molecule has 7 heteroatoms. The van der Waals surface area contributed by atoms with Crippen molar-refractivity contribution in [2.75, 3.05) is 0 Å². The number of hydrogen-bond donors (Lipinski definition) is 3. The highest BCUT2D eigenvalue weighted by atomic mass is 16.2. The normalized spacial score (nSPS) is 9.60. The van der Waals surface area contributed by atoms with E-state index in [1.807, 2.05) is 0 Å². The highest BCUT2D eigenvalue weighted by molar-refractivity contribution is 6.12. The van der Waals surface area contributed by atoms with Gasteiger partial charge in [0.15, 0.2) is 0 Å². The summed E-state index contributed by atoms with van der Waals surface area (Å²) in [5.41, 5.74) is 14.1. The zero-order valence-corrected chi connectivity index (χ0v) is 7.56. The summed E-state index contributed by atoms with van der Waals surface area (Å²) in [5, 5.41) is 0. The number of nitrogens with two attached hydrogens (primary N) is 3. The maximum Gasteiger partial charge on any atom is 0.268 e. The van der Waals surface area contributed by atoms with E-state index in [1.54, 1.807) is 0 Å². The van der Waals surface area contributed by atoms with E-state index in [-0.39, 0.29) is 16.8 Å². The van der Waals surface area contributed by atoms with Crippen LogP contribution in [-0.2, 0) is 0 Å². The lowest BCUT2D eigenvalue weighted by atomic mass is 10.1. The first-order valence-corrected chi connectivity index (χ1v) is 3.83. The fraction of sp³-hybridized carbons (Fsp3) is 0. The van der Waals surface area contributed by atoms with Gasteiger partial charge in [0, 0.05) is 6.20 Å². The number of aromatic nitrogens is 1. The molecular weight excluding hydrogens is 200 g/mol. The minimum Gasteiger partial charge on any atom is -0.366 e. The van der Waals surface area contributed by atoms with Gasteiger partial charge < -0.3 is 17.2 Å². The molecule has 0 aromatic carbocycles. The van der Waals surface area contributed by atoms with Crippen molar-refractivity contribution in [2.24, 2.45) is 17.2 Å². The first-order chi connectivity index (χ1) is 6.95. The van der Waals surface area contributed by atoms with Crippen LogP contribution in [0.5, 0.6) is 0 Å². The molecule has 0 saturated heterocycles. The van der Waals surface area contributed by atoms with Crippen LogP contribution < -0.4 is 17.2 Å². The highest BCUT2D eigenvalue weighted by Crippen LogP contribution is 2.10. The smallest absolute Gasteiger partial charge is 0.268 e. The van der Waals surface area contributed by atoms with E-state index in [0.29, 0.717) is 0 Å². The molecule has 7 nitrogen and oxygen atoms in total. The van der Waals surface area contributed by atoms with Gasteiger partial charge in [-0.3, -0.25) is 19.4 Å². The van der Waals surface area contributed by atoms with Crippen LogP contribution in [0.1, 0.15) is 31.2 Å². The molecule has 0 saturated carbocycles. The zero-order chi connectivity index (χ0) is 11.6. The minimum absolute atomic E-state index is 0.175. The molecule has 0 spiro atoms. The number of rotatable bonds is 3. The van der Waals surface area contributed by atoms with Crippen molar-refractivity contribution < 1.29 is 14.4 Å². The number of hydrogen-bond acceptors (Lipinski definition) is 4. The molecule has 0 aliphatic heterocycles. The Morgan fingerprint density at radius 3 is 2.00 bits per heavy atom. The summed E-state index contributed by atoms with van der Waals surface area (Å²) in [6.07, 6.45) is 1.15. The van der Waals surface area contributed by atoms with Crippen molar-refractivity contribution in [3.05, 3.63) is 29.1 Å². The maximum absolute atomic E-state index is 11.0. The Morgan fingerprint density at radius 2 is 1.60 bits per heavy atom. The monoisotopic (exact) mass is 208 g/mol. The second-order valence-electron chi connectivity index (χ2n) is 2.67. The standard InChI is InChI=1S/C8H8N4O3/c9-6(13)3-1-2-12-5(8(11)15)4(3)7(10)14/h1-2H,(H2,9,13)(H2,10,14)(H2,11,15). The molecule has 0 atom stereocenters. The predicted molar refractivity (Wildman–Crippen MR) is 49.8 cm³/mol. The van der Waals surface area contributed by atoms with Crippen LogP contribution in [0.2, 0.25) is 0 Å². The highest BCUT2D eigenvalue weighted by Gasteiger charge is 2.21. The number of nitrogens with zero attached hydrogens (tertiary/aromatic N) is 1. The molecule has 1 aromatic rings. The summed E-state index contributed by atoms with van der Waals surface area (Å²) in [6, 6.07) is 1.19. The van der Waals surface area contributed by atoms with Gasteiger partial charge in [-0.05, 0) is 6.07 Å². The second kappa shape index (κ2) is 3.74. The van der Waals surface area contributed by atoms with E-state index in [4.69, 9.17) is 17.2 Å². The van der Waals surface area contributed by atoms with Crippen molar-refractivity contribution in [3.8, 4) is 0 Å². The summed E-state index contributed by atoms with van der Waals surface area (Å²) < 4.78 is 0. The van der Waals surface area contributed by atoms with Crippen LogP contribution in [-0.4, -0.2) is 22.7 Å². The molecule has 0 unspecified atom stereocenters. The van der Waals surface area contributed by atoms with Crippen molar-refractivity contribution in [3.63, 3.8) is 0 Å². The van der Waals surface area contributed by atoms with Crippen LogP contribution in [0.4, 0.5) is 0 Å². The first-order valence-electron chi connectivity index (χ1n) is 3.83. The lowest BCUT2D eigenvalue weighted by molar-refractivity contribution is 0.0951. The lowest BCUT2D eigenvalue weighted by Gasteiger charge is -2.05. The fourth-order valence-corrected chi connectivity index (χ4v) is 1.10. The lowest BCUT2D eigenvalue weighted by Crippen LogP contribution is -2.27. The van der Waals surface area contributed by atoms with E-state index in [9.17, 15) is 14.4 Å². The van der Waals surface area contributed by atoms with Gasteiger partial charge >= 0.3 is 0 Å². The van der Waals surface area contributed by atoms with Gasteiger partial charge in [-0.2, -0.15) is 0 Å². The molecule has 1 rings (SSSR count). The molecule has 1 aromatic heterocycles. The van der Waals surface area contributed by atoms with Gasteiger partial charge in [0.2, 0.25) is 5.91 Å². The van der Waals surface area contributed by atoms with Crippen LogP contribution in [0.15, 0.2) is 12.3 Å². The Morgan fingerprint density at radius 1 is 1.00 bits per heavy atom. The Hall–Kier alpha value is -2.44. The molecule has 0 aliphatic carbocycles. The molecule has 15 heavy (non-hydrogen) atoms. The molecule has 1 heterocycles. The quantitative estimate of drug-likeness (QED) is 0.548. The molecule has 0 bridgehead atoms. The van der Waals surface area contributed by atoms with Crippen LogP contribution >= 0.6 is 0 Å². The van der Waals surface area contributed by atoms with Crippen molar-refractivity contribution in [2.45, 2.75) is 0 Å². The average molecular weight is 208 g/mol. The van der Waals surface area contributed by atoms with E-state index >= 15 is 0 Å². The maximum atomic E-state index is 11.0. The number of pyridine rings is 1. The topological polar surface area (TPSA) is 142 Å². The van der Waals surface area contributed by atoms with Crippen molar-refractivity contribution >= 4 is 17.7 Å². The largest absolute Gasteiger partial charge is 0.366 e. The summed E-state index contributed by atoms with van der Waals surface area (Å²) >= 11 is 0. The zero-order valence-electron chi connectivity index (χ0n) is 7.56. The van der Waals surface area contributed by atoms with Gasteiger partial charge in [-0.15, -0.1) is 0 Å². The van der Waals surface area contributed by atoms with Crippen molar-refractivity contribution in [1.82, 2.24) is 4.98 Å². The second-order valence-corrected chi connectivity index (χ2v) is 2.67. The molecule has 0 fully saturated rings. The number of amides is 3. The fourth-order valence-electron chi connectivity index (χ4n) is 1.10. The average Bonchev–Trinajstić information content (AvgIpc) is 2.16. The van der Waals surface area contributed by atoms with E-state index in [1.165, 1.54) is 6.07 Å². The molecule has 0 aliphatic rings. The summed E-state index contributed by atoms with van der Waals surface area (Å²) in [6.45, 7) is 0. The Kier molecular flexibility index (Phi) is 2.65. The summed E-state index contributed by atoms with van der Waals surface area (Å²) in [4.78, 5) is 36.4. The Balaban J connectivity index is 3.56. The Bertz CT molecular complexity index is 423. The van der Waals surface area contributed by atoms with Crippen LogP contribution in [0, 0.1) is 0 Å². The third kappa shape index (κ3) is 1.90. The van der Waals surface area contributed by atoms with Crippen LogP contribution in [0.3, 0.4) is 0 Å². The third-order valence-corrected chi connectivity index (χ3v) is 1.70. The number of primary amides is 3. The molecule has 78 valence electrons. The van der Waals surface area contributed by atoms with E-state index in [0.717, 1.165) is 6.20 Å². The van der Waals surface area contributed by atoms with Gasteiger partial charge in [0.25, 0.3) is 11.8 Å². The van der Waals surface area contributed by atoms with Gasteiger partial charge in [-0.25, -0.2) is 0 Å². The van der Waals surface area contributed by atoms with Gasteiger partial charge in [-0.1, -0.05) is 0 Å². The van der Waals surface area contributed by atoms with Crippen molar-refractivity contribution in [1.29, 1.82) is 0 Å². The summed E-state index contributed by atoms with van der Waals surface area (Å²) in [5.74, 6) is -2.81. The first kappa shape index (κ1) is 10.6. The number of carbonyl (C=O) groups is 3. The van der Waals surface area contributed by atoms with E-state index in [2.05, 4.69) is 4.98 Å². The molecule has 6 N–H and O–H groups in total. The van der Waals surface area contributed by atoms with Gasteiger partial charge in [0.1, 0.15) is 5.69 Å². The number of carbonyl (C=O) groups excluding carboxylic acids is 3. The van der Waals surface area contributed by atoms with E-state index < -0.39 is 17.7 Å². The predicted octanol–water partition coefficient (Wildman–Crippen LogP) is -1.62. The minimum atomic E-state index is -0.981.